The number of aryl methyl sites for hydroxylation is 4. The summed E-state index contributed by atoms with van der Waals surface area (Å²) in [7, 11) is 0. The van der Waals surface area contributed by atoms with E-state index in [1.165, 1.54) is 17.1 Å². The predicted octanol–water partition coefficient (Wildman–Crippen LogP) is 3.26. The minimum Gasteiger partial charge on any atom is -0.491 e. The van der Waals surface area contributed by atoms with Gasteiger partial charge in [-0.2, -0.15) is 5.10 Å². The first kappa shape index (κ1) is 20.8. The Morgan fingerprint density at radius 2 is 1.77 bits per heavy atom. The van der Waals surface area contributed by atoms with Crippen molar-refractivity contribution in [3.8, 4) is 11.4 Å². The highest BCUT2D eigenvalue weighted by Gasteiger charge is 2.15. The lowest BCUT2D eigenvalue weighted by Gasteiger charge is -2.15. The van der Waals surface area contributed by atoms with Crippen molar-refractivity contribution in [1.29, 1.82) is 0 Å². The van der Waals surface area contributed by atoms with Gasteiger partial charge >= 0.3 is 0 Å². The van der Waals surface area contributed by atoms with Gasteiger partial charge in [-0.25, -0.2) is 9.67 Å². The second-order valence-electron chi connectivity index (χ2n) is 8.08. The zero-order valence-corrected chi connectivity index (χ0v) is 18.2. The molecule has 0 saturated carbocycles. The standard InChI is InChI=1S/C24H26N4O3/c1-15-5-6-22(18(4)8-15)31-13-20(29)12-27-14-25-23-21(24(27)30)11-26-28(23)19-9-16(2)7-17(3)10-19/h5-11,14,20,29H,12-13H2,1-4H3. The molecule has 31 heavy (non-hydrogen) atoms. The first-order valence-corrected chi connectivity index (χ1v) is 10.2. The number of aliphatic hydroxyl groups is 1. The Bertz CT molecular complexity index is 1290. The van der Waals surface area contributed by atoms with E-state index in [0.29, 0.717) is 11.0 Å². The van der Waals surface area contributed by atoms with Crippen molar-refractivity contribution in [2.75, 3.05) is 6.61 Å². The highest BCUT2D eigenvalue weighted by Crippen LogP contribution is 2.19. The number of aliphatic hydroxyl groups excluding tert-OH is 1. The van der Waals surface area contributed by atoms with Crippen LogP contribution >= 0.6 is 0 Å². The van der Waals surface area contributed by atoms with Gasteiger partial charge in [0.1, 0.15) is 30.2 Å². The first-order valence-electron chi connectivity index (χ1n) is 10.2. The van der Waals surface area contributed by atoms with Crippen LogP contribution in [-0.2, 0) is 6.54 Å². The molecule has 0 spiro atoms. The molecule has 1 unspecified atom stereocenters. The van der Waals surface area contributed by atoms with Gasteiger partial charge in [-0.15, -0.1) is 0 Å². The van der Waals surface area contributed by atoms with E-state index in [9.17, 15) is 9.90 Å². The van der Waals surface area contributed by atoms with Crippen molar-refractivity contribution in [3.05, 3.63) is 81.5 Å². The summed E-state index contributed by atoms with van der Waals surface area (Å²) in [5, 5.41) is 15.2. The Hall–Kier alpha value is -3.45. The molecule has 1 N–H and O–H groups in total. The summed E-state index contributed by atoms with van der Waals surface area (Å²) in [6.07, 6.45) is 2.12. The number of hydrogen-bond donors (Lipinski definition) is 1. The molecule has 2 aromatic heterocycles. The van der Waals surface area contributed by atoms with Crippen LogP contribution < -0.4 is 10.3 Å². The second-order valence-corrected chi connectivity index (χ2v) is 8.08. The lowest BCUT2D eigenvalue weighted by Crippen LogP contribution is -2.30. The molecule has 1 atom stereocenters. The Kier molecular flexibility index (Phi) is 5.61. The largest absolute Gasteiger partial charge is 0.491 e. The Balaban J connectivity index is 1.54. The Morgan fingerprint density at radius 1 is 1.03 bits per heavy atom. The number of rotatable bonds is 6. The fraction of sp³-hybridized carbons (Fsp3) is 0.292. The number of fused-ring (bicyclic) bond motifs is 1. The van der Waals surface area contributed by atoms with Gasteiger partial charge in [0.25, 0.3) is 5.56 Å². The van der Waals surface area contributed by atoms with Gasteiger partial charge in [0.05, 0.1) is 18.4 Å². The average Bonchev–Trinajstić information content (AvgIpc) is 3.14. The smallest absolute Gasteiger partial charge is 0.264 e. The molecule has 7 heteroatoms. The average molecular weight is 418 g/mol. The fourth-order valence-corrected chi connectivity index (χ4v) is 3.77. The first-order chi connectivity index (χ1) is 14.8. The second kappa shape index (κ2) is 8.35. The van der Waals surface area contributed by atoms with E-state index < -0.39 is 6.10 Å². The maximum absolute atomic E-state index is 12.9. The number of nitrogens with zero attached hydrogens (tertiary/aromatic N) is 4. The molecule has 4 aromatic rings. The van der Waals surface area contributed by atoms with Crippen LogP contribution in [0.5, 0.6) is 5.75 Å². The van der Waals surface area contributed by atoms with Gasteiger partial charge < -0.3 is 9.84 Å². The summed E-state index contributed by atoms with van der Waals surface area (Å²) in [6.45, 7) is 8.18. The third-order valence-electron chi connectivity index (χ3n) is 5.17. The molecule has 0 bridgehead atoms. The lowest BCUT2D eigenvalue weighted by molar-refractivity contribution is 0.0911. The monoisotopic (exact) mass is 418 g/mol. The van der Waals surface area contributed by atoms with Crippen LogP contribution in [0.15, 0.2) is 53.7 Å². The van der Waals surface area contributed by atoms with Crippen molar-refractivity contribution in [1.82, 2.24) is 19.3 Å². The molecule has 4 rings (SSSR count). The van der Waals surface area contributed by atoms with E-state index in [4.69, 9.17) is 4.74 Å². The lowest BCUT2D eigenvalue weighted by atomic mass is 10.1. The van der Waals surface area contributed by atoms with Crippen LogP contribution in [-0.4, -0.2) is 37.1 Å². The molecule has 160 valence electrons. The van der Waals surface area contributed by atoms with Crippen LogP contribution in [0.3, 0.4) is 0 Å². The van der Waals surface area contributed by atoms with Gasteiger partial charge in [0.2, 0.25) is 0 Å². The number of benzene rings is 2. The van der Waals surface area contributed by atoms with Crippen molar-refractivity contribution in [3.63, 3.8) is 0 Å². The SMILES string of the molecule is Cc1cc(C)cc(-n2ncc3c(=O)n(CC(O)COc4ccc(C)cc4C)cnc32)c1. The van der Waals surface area contributed by atoms with E-state index in [1.54, 1.807) is 4.68 Å². The van der Waals surface area contributed by atoms with Crippen molar-refractivity contribution < 1.29 is 9.84 Å². The van der Waals surface area contributed by atoms with E-state index >= 15 is 0 Å². The van der Waals surface area contributed by atoms with Crippen LogP contribution in [0.25, 0.3) is 16.7 Å². The summed E-state index contributed by atoms with van der Waals surface area (Å²) in [4.78, 5) is 17.4. The topological polar surface area (TPSA) is 82.2 Å². The molecule has 0 fully saturated rings. The highest BCUT2D eigenvalue weighted by atomic mass is 16.5. The number of ether oxygens (including phenoxy) is 1. The molecule has 7 nitrogen and oxygen atoms in total. The van der Waals surface area contributed by atoms with Gasteiger partial charge in [-0.1, -0.05) is 23.8 Å². The molecule has 2 aromatic carbocycles. The minimum atomic E-state index is -0.855. The van der Waals surface area contributed by atoms with E-state index in [1.807, 2.05) is 58.0 Å². The van der Waals surface area contributed by atoms with Gasteiger partial charge in [-0.05, 0) is 62.6 Å². The Morgan fingerprint density at radius 3 is 2.48 bits per heavy atom. The maximum atomic E-state index is 12.9. The normalized spacial score (nSPS) is 12.3. The van der Waals surface area contributed by atoms with Crippen LogP contribution in [0.4, 0.5) is 0 Å². The molecule has 0 amide bonds. The third-order valence-corrected chi connectivity index (χ3v) is 5.17. The zero-order valence-electron chi connectivity index (χ0n) is 18.2. The molecule has 0 aliphatic rings. The van der Waals surface area contributed by atoms with Gasteiger partial charge in [-0.3, -0.25) is 9.36 Å². The van der Waals surface area contributed by atoms with Crippen LogP contribution in [0, 0.1) is 27.7 Å². The molecule has 0 aliphatic heterocycles. The molecule has 0 aliphatic carbocycles. The number of hydrogen-bond acceptors (Lipinski definition) is 5. The molecule has 2 heterocycles. The molecule has 0 saturated heterocycles. The van der Waals surface area contributed by atoms with Gasteiger partial charge in [0, 0.05) is 0 Å². The Labute approximate surface area is 180 Å². The van der Waals surface area contributed by atoms with Crippen LogP contribution in [0.2, 0.25) is 0 Å². The van der Waals surface area contributed by atoms with Gasteiger partial charge in [0.15, 0.2) is 5.65 Å². The minimum absolute atomic E-state index is 0.0796. The molecular formula is C24H26N4O3. The van der Waals surface area contributed by atoms with E-state index in [2.05, 4.69) is 16.1 Å². The zero-order chi connectivity index (χ0) is 22.1. The van der Waals surface area contributed by atoms with Crippen LogP contribution in [0.1, 0.15) is 22.3 Å². The number of aromatic nitrogens is 4. The summed E-state index contributed by atoms with van der Waals surface area (Å²) < 4.78 is 8.80. The quantitative estimate of drug-likeness (QED) is 0.520. The summed E-state index contributed by atoms with van der Waals surface area (Å²) >= 11 is 0. The maximum Gasteiger partial charge on any atom is 0.264 e. The van der Waals surface area contributed by atoms with E-state index in [-0.39, 0.29) is 18.7 Å². The predicted molar refractivity (Wildman–Crippen MR) is 120 cm³/mol. The summed E-state index contributed by atoms with van der Waals surface area (Å²) in [5.41, 5.74) is 5.49. The highest BCUT2D eigenvalue weighted by molar-refractivity contribution is 5.75. The van der Waals surface area contributed by atoms with Crippen molar-refractivity contribution in [2.24, 2.45) is 0 Å². The molecule has 0 radical (unpaired) electrons. The fourth-order valence-electron chi connectivity index (χ4n) is 3.77. The van der Waals surface area contributed by atoms with Crippen molar-refractivity contribution >= 4 is 11.0 Å². The van der Waals surface area contributed by atoms with Crippen molar-refractivity contribution in [2.45, 2.75) is 40.3 Å². The third kappa shape index (κ3) is 4.36. The van der Waals surface area contributed by atoms with E-state index in [0.717, 1.165) is 33.7 Å². The summed E-state index contributed by atoms with van der Waals surface area (Å²) in [6, 6.07) is 12.0. The summed E-state index contributed by atoms with van der Waals surface area (Å²) in [5.74, 6) is 0.722. The molecular weight excluding hydrogens is 392 g/mol.